The van der Waals surface area contributed by atoms with Crippen molar-refractivity contribution in [2.24, 2.45) is 7.05 Å². The Kier molecular flexibility index (Phi) is 1.53. The lowest BCUT2D eigenvalue weighted by atomic mass is 10.2. The normalized spacial score (nSPS) is 13.7. The molecule has 0 aliphatic carbocycles. The van der Waals surface area contributed by atoms with E-state index in [1.54, 1.807) is 10.9 Å². The number of aryl methyl sites for hydroxylation is 1. The minimum Gasteiger partial charge on any atom is -0.275 e. The SMILES string of the molecule is CC([NH])c1cnn(C)c1. The van der Waals surface area contributed by atoms with Gasteiger partial charge in [-0.3, -0.25) is 4.68 Å². The first-order chi connectivity index (χ1) is 4.20. The second kappa shape index (κ2) is 2.19. The van der Waals surface area contributed by atoms with E-state index in [0.717, 1.165) is 5.56 Å². The zero-order valence-electron chi connectivity index (χ0n) is 5.63. The standard InChI is InChI=1S/C6H10N3/c1-5(7)6-3-8-9(2)4-6/h3-5,7H,1-2H3. The number of aromatic nitrogens is 2. The van der Waals surface area contributed by atoms with Crippen LogP contribution in [-0.4, -0.2) is 9.78 Å². The molecule has 0 aliphatic rings. The van der Waals surface area contributed by atoms with Crippen LogP contribution in [0.4, 0.5) is 0 Å². The van der Waals surface area contributed by atoms with Gasteiger partial charge in [-0.2, -0.15) is 5.10 Å². The van der Waals surface area contributed by atoms with E-state index in [1.807, 2.05) is 20.2 Å². The lowest BCUT2D eigenvalue weighted by molar-refractivity contribution is 0.758. The summed E-state index contributed by atoms with van der Waals surface area (Å²) in [6.07, 6.45) is 3.58. The van der Waals surface area contributed by atoms with Gasteiger partial charge in [-0.25, -0.2) is 5.73 Å². The van der Waals surface area contributed by atoms with Gasteiger partial charge in [-0.15, -0.1) is 0 Å². The molecular weight excluding hydrogens is 114 g/mol. The lowest BCUT2D eigenvalue weighted by Gasteiger charge is -1.94. The van der Waals surface area contributed by atoms with Gasteiger partial charge in [0.25, 0.3) is 0 Å². The first-order valence-corrected chi connectivity index (χ1v) is 2.90. The molecule has 0 fully saturated rings. The predicted molar refractivity (Wildman–Crippen MR) is 34.7 cm³/mol. The molecule has 1 heterocycles. The smallest absolute Gasteiger partial charge is 0.0537 e. The predicted octanol–water partition coefficient (Wildman–Crippen LogP) is 0.764. The quantitative estimate of drug-likeness (QED) is 0.545. The third-order valence-electron chi connectivity index (χ3n) is 1.22. The minimum absolute atomic E-state index is 0.154. The highest BCUT2D eigenvalue weighted by Crippen LogP contribution is 2.07. The summed E-state index contributed by atoms with van der Waals surface area (Å²) in [7, 11) is 1.85. The molecule has 1 aromatic heterocycles. The summed E-state index contributed by atoms with van der Waals surface area (Å²) < 4.78 is 1.71. The van der Waals surface area contributed by atoms with E-state index in [-0.39, 0.29) is 6.04 Å². The van der Waals surface area contributed by atoms with Crippen molar-refractivity contribution in [3.05, 3.63) is 18.0 Å². The van der Waals surface area contributed by atoms with Crippen molar-refractivity contribution in [2.75, 3.05) is 0 Å². The van der Waals surface area contributed by atoms with Gasteiger partial charge >= 0.3 is 0 Å². The van der Waals surface area contributed by atoms with E-state index in [9.17, 15) is 0 Å². The van der Waals surface area contributed by atoms with E-state index < -0.39 is 0 Å². The summed E-state index contributed by atoms with van der Waals surface area (Å²) in [5, 5.41) is 3.93. The molecule has 1 aromatic rings. The Morgan fingerprint density at radius 1 is 1.78 bits per heavy atom. The molecule has 1 rings (SSSR count). The van der Waals surface area contributed by atoms with Gasteiger partial charge in [0.15, 0.2) is 0 Å². The number of rotatable bonds is 1. The summed E-state index contributed by atoms with van der Waals surface area (Å²) in [6.45, 7) is 1.83. The summed E-state index contributed by atoms with van der Waals surface area (Å²) in [4.78, 5) is 0. The Morgan fingerprint density at radius 3 is 2.67 bits per heavy atom. The fourth-order valence-electron chi connectivity index (χ4n) is 0.664. The first kappa shape index (κ1) is 6.29. The van der Waals surface area contributed by atoms with Crippen molar-refractivity contribution in [1.82, 2.24) is 15.5 Å². The maximum absolute atomic E-state index is 7.28. The van der Waals surface area contributed by atoms with Crippen LogP contribution in [-0.2, 0) is 7.05 Å². The molecule has 49 valence electrons. The third-order valence-corrected chi connectivity index (χ3v) is 1.22. The van der Waals surface area contributed by atoms with Crippen LogP contribution in [0.2, 0.25) is 0 Å². The summed E-state index contributed by atoms with van der Waals surface area (Å²) >= 11 is 0. The Hall–Kier alpha value is -0.830. The van der Waals surface area contributed by atoms with Crippen molar-refractivity contribution >= 4 is 0 Å². The fourth-order valence-corrected chi connectivity index (χ4v) is 0.664. The largest absolute Gasteiger partial charge is 0.275 e. The fraction of sp³-hybridized carbons (Fsp3) is 0.500. The van der Waals surface area contributed by atoms with E-state index in [1.165, 1.54) is 0 Å². The monoisotopic (exact) mass is 124 g/mol. The number of nitrogens with one attached hydrogen (secondary N) is 1. The van der Waals surface area contributed by atoms with Crippen LogP contribution in [0.3, 0.4) is 0 Å². The van der Waals surface area contributed by atoms with Gasteiger partial charge in [0, 0.05) is 24.8 Å². The third kappa shape index (κ3) is 1.29. The average molecular weight is 124 g/mol. The van der Waals surface area contributed by atoms with Gasteiger partial charge in [0.05, 0.1) is 6.20 Å². The van der Waals surface area contributed by atoms with Gasteiger partial charge < -0.3 is 0 Å². The molecule has 0 saturated heterocycles. The Labute approximate surface area is 54.5 Å². The van der Waals surface area contributed by atoms with Crippen molar-refractivity contribution in [3.63, 3.8) is 0 Å². The number of nitrogens with zero attached hydrogens (tertiary/aromatic N) is 2. The summed E-state index contributed by atoms with van der Waals surface area (Å²) in [5.74, 6) is 0. The van der Waals surface area contributed by atoms with Crippen LogP contribution in [0.5, 0.6) is 0 Å². The molecule has 1 radical (unpaired) electrons. The molecule has 0 amide bonds. The highest BCUT2D eigenvalue weighted by atomic mass is 15.2. The second-order valence-electron chi connectivity index (χ2n) is 2.17. The van der Waals surface area contributed by atoms with E-state index in [0.29, 0.717) is 0 Å². The maximum Gasteiger partial charge on any atom is 0.0537 e. The Balaban J connectivity index is 2.85. The first-order valence-electron chi connectivity index (χ1n) is 2.90. The average Bonchev–Trinajstić information content (AvgIpc) is 2.14. The molecule has 0 aromatic carbocycles. The van der Waals surface area contributed by atoms with Crippen LogP contribution in [0.15, 0.2) is 12.4 Å². The minimum atomic E-state index is -0.154. The summed E-state index contributed by atoms with van der Waals surface area (Å²) in [5.41, 5.74) is 8.25. The van der Waals surface area contributed by atoms with Gasteiger partial charge in [-0.1, -0.05) is 0 Å². The molecular formula is C6H10N3. The van der Waals surface area contributed by atoms with E-state index in [2.05, 4.69) is 5.10 Å². The second-order valence-corrected chi connectivity index (χ2v) is 2.17. The molecule has 0 saturated carbocycles. The van der Waals surface area contributed by atoms with Crippen molar-refractivity contribution in [3.8, 4) is 0 Å². The van der Waals surface area contributed by atoms with E-state index >= 15 is 0 Å². The highest BCUT2D eigenvalue weighted by Gasteiger charge is 1.99. The van der Waals surface area contributed by atoms with Crippen molar-refractivity contribution in [1.29, 1.82) is 0 Å². The van der Waals surface area contributed by atoms with Gasteiger partial charge in [0.2, 0.25) is 0 Å². The molecule has 3 heteroatoms. The van der Waals surface area contributed by atoms with Crippen molar-refractivity contribution < 1.29 is 0 Å². The van der Waals surface area contributed by atoms with Gasteiger partial charge in [-0.05, 0) is 6.92 Å². The van der Waals surface area contributed by atoms with Crippen LogP contribution in [0.1, 0.15) is 18.5 Å². The topological polar surface area (TPSA) is 41.6 Å². The van der Waals surface area contributed by atoms with Crippen LogP contribution in [0.25, 0.3) is 0 Å². The van der Waals surface area contributed by atoms with Gasteiger partial charge in [0.1, 0.15) is 0 Å². The number of hydrogen-bond acceptors (Lipinski definition) is 1. The molecule has 1 atom stereocenters. The lowest BCUT2D eigenvalue weighted by Crippen LogP contribution is -1.90. The summed E-state index contributed by atoms with van der Waals surface area (Å²) in [6, 6.07) is -0.154. The zero-order valence-corrected chi connectivity index (χ0v) is 5.63. The van der Waals surface area contributed by atoms with Crippen LogP contribution >= 0.6 is 0 Å². The Morgan fingerprint density at radius 2 is 2.44 bits per heavy atom. The van der Waals surface area contributed by atoms with Crippen molar-refractivity contribution in [2.45, 2.75) is 13.0 Å². The molecule has 0 aliphatic heterocycles. The Bertz CT molecular complexity index is 190. The highest BCUT2D eigenvalue weighted by molar-refractivity contribution is 5.07. The molecule has 3 nitrogen and oxygen atoms in total. The maximum atomic E-state index is 7.28. The number of hydrogen-bond donors (Lipinski definition) is 0. The zero-order chi connectivity index (χ0) is 6.85. The van der Waals surface area contributed by atoms with Crippen LogP contribution < -0.4 is 5.73 Å². The molecule has 9 heavy (non-hydrogen) atoms. The molecule has 1 unspecified atom stereocenters. The van der Waals surface area contributed by atoms with E-state index in [4.69, 9.17) is 5.73 Å². The molecule has 1 N–H and O–H groups in total. The van der Waals surface area contributed by atoms with Crippen LogP contribution in [0, 0.1) is 0 Å². The molecule has 0 spiro atoms. The molecule has 0 bridgehead atoms.